The van der Waals surface area contributed by atoms with Gasteiger partial charge >= 0.3 is 0 Å². The van der Waals surface area contributed by atoms with Crippen molar-refractivity contribution in [1.29, 1.82) is 0 Å². The van der Waals surface area contributed by atoms with Gasteiger partial charge in [0.25, 0.3) is 11.6 Å². The van der Waals surface area contributed by atoms with Crippen molar-refractivity contribution >= 4 is 40.3 Å². The Bertz CT molecular complexity index is 858. The van der Waals surface area contributed by atoms with Crippen LogP contribution in [0.1, 0.15) is 5.56 Å². The molecule has 0 aromatic heterocycles. The number of non-ortho nitro benzene ring substituents is 1. The van der Waals surface area contributed by atoms with Crippen LogP contribution >= 0.6 is 11.8 Å². The monoisotopic (exact) mass is 341 g/mol. The van der Waals surface area contributed by atoms with Crippen LogP contribution in [0.5, 0.6) is 5.75 Å². The number of benzene rings is 2. The Labute approximate surface area is 140 Å². The van der Waals surface area contributed by atoms with E-state index in [9.17, 15) is 20.0 Å². The molecule has 0 radical (unpaired) electrons. The van der Waals surface area contributed by atoms with Gasteiger partial charge in [-0.15, -0.1) is 0 Å². The fraction of sp³-hybridized carbons (Fsp3) is 0. The first-order chi connectivity index (χ1) is 11.5. The van der Waals surface area contributed by atoms with E-state index in [1.54, 1.807) is 30.3 Å². The summed E-state index contributed by atoms with van der Waals surface area (Å²) in [5.41, 5.74) is 1.28. The second-order valence-electron chi connectivity index (χ2n) is 4.85. The molecule has 3 rings (SSSR count). The van der Waals surface area contributed by atoms with Crippen LogP contribution in [0.3, 0.4) is 0 Å². The molecule has 1 saturated heterocycles. The van der Waals surface area contributed by atoms with Gasteiger partial charge in [0.1, 0.15) is 5.75 Å². The van der Waals surface area contributed by atoms with Crippen molar-refractivity contribution < 1.29 is 14.8 Å². The minimum absolute atomic E-state index is 0.00439. The Kier molecular flexibility index (Phi) is 4.30. The van der Waals surface area contributed by atoms with E-state index in [-0.39, 0.29) is 17.3 Å². The molecule has 2 aromatic carbocycles. The van der Waals surface area contributed by atoms with Gasteiger partial charge in [0.2, 0.25) is 0 Å². The number of nitro benzene ring substituents is 1. The van der Waals surface area contributed by atoms with E-state index in [1.807, 2.05) is 0 Å². The lowest BCUT2D eigenvalue weighted by molar-refractivity contribution is -0.384. The maximum absolute atomic E-state index is 12.0. The number of aliphatic imine (C=N–C) groups is 1. The number of phenols is 1. The second kappa shape index (κ2) is 6.55. The number of amidine groups is 1. The molecule has 7 nitrogen and oxygen atoms in total. The number of hydrogen-bond acceptors (Lipinski definition) is 6. The summed E-state index contributed by atoms with van der Waals surface area (Å²) in [6.07, 6.45) is 1.64. The zero-order valence-electron chi connectivity index (χ0n) is 12.2. The number of amides is 1. The summed E-state index contributed by atoms with van der Waals surface area (Å²) in [6.45, 7) is 0. The summed E-state index contributed by atoms with van der Waals surface area (Å²) in [5.74, 6) is -0.142. The van der Waals surface area contributed by atoms with E-state index in [1.165, 1.54) is 36.0 Å². The van der Waals surface area contributed by atoms with E-state index in [0.717, 1.165) is 0 Å². The molecule has 24 heavy (non-hydrogen) atoms. The molecule has 1 fully saturated rings. The van der Waals surface area contributed by atoms with Gasteiger partial charge in [-0.3, -0.25) is 14.9 Å². The standard InChI is InChI=1S/C16H11N3O4S/c20-13-7-3-11(4-8-13)17-16-18-15(21)14(24-16)9-10-1-5-12(6-2-10)19(22)23/h1-9,20H,(H,17,18,21)/b14-9-. The van der Waals surface area contributed by atoms with Crippen molar-refractivity contribution in [2.24, 2.45) is 4.99 Å². The van der Waals surface area contributed by atoms with Crippen molar-refractivity contribution in [3.63, 3.8) is 0 Å². The van der Waals surface area contributed by atoms with Crippen molar-refractivity contribution in [2.45, 2.75) is 0 Å². The molecule has 0 bridgehead atoms. The number of aromatic hydroxyl groups is 1. The number of nitro groups is 1. The molecule has 8 heteroatoms. The molecular formula is C16H11N3O4S. The Morgan fingerprint density at radius 1 is 1.12 bits per heavy atom. The maximum atomic E-state index is 12.0. The van der Waals surface area contributed by atoms with Crippen LogP contribution in [0.2, 0.25) is 0 Å². The summed E-state index contributed by atoms with van der Waals surface area (Å²) in [5, 5.41) is 23.0. The number of hydrogen-bond donors (Lipinski definition) is 2. The molecule has 0 unspecified atom stereocenters. The lowest BCUT2D eigenvalue weighted by Crippen LogP contribution is -2.19. The first-order valence-corrected chi connectivity index (χ1v) is 7.66. The van der Waals surface area contributed by atoms with Crippen LogP contribution in [0, 0.1) is 10.1 Å². The van der Waals surface area contributed by atoms with Gasteiger partial charge < -0.3 is 10.4 Å². The van der Waals surface area contributed by atoms with Gasteiger partial charge in [-0.1, -0.05) is 0 Å². The highest BCUT2D eigenvalue weighted by Crippen LogP contribution is 2.28. The Balaban J connectivity index is 1.79. The first kappa shape index (κ1) is 15.8. The van der Waals surface area contributed by atoms with Crippen molar-refractivity contribution in [2.75, 3.05) is 0 Å². The number of nitrogens with zero attached hydrogens (tertiary/aromatic N) is 2. The average Bonchev–Trinajstić information content (AvgIpc) is 2.89. The summed E-state index contributed by atoms with van der Waals surface area (Å²) in [7, 11) is 0. The van der Waals surface area contributed by atoms with Crippen molar-refractivity contribution in [1.82, 2.24) is 5.32 Å². The van der Waals surface area contributed by atoms with Crippen LogP contribution in [-0.4, -0.2) is 21.1 Å². The lowest BCUT2D eigenvalue weighted by atomic mass is 10.2. The Morgan fingerprint density at radius 3 is 2.42 bits per heavy atom. The Morgan fingerprint density at radius 2 is 1.79 bits per heavy atom. The summed E-state index contributed by atoms with van der Waals surface area (Å²) in [6, 6.07) is 12.2. The quantitative estimate of drug-likeness (QED) is 0.507. The van der Waals surface area contributed by atoms with Crippen LogP contribution in [0.25, 0.3) is 6.08 Å². The van der Waals surface area contributed by atoms with Gasteiger partial charge in [-0.05, 0) is 59.8 Å². The summed E-state index contributed by atoms with van der Waals surface area (Å²) < 4.78 is 0. The number of carbonyl (C=O) groups excluding carboxylic acids is 1. The number of carbonyl (C=O) groups is 1. The molecule has 1 aliphatic heterocycles. The molecule has 120 valence electrons. The lowest BCUT2D eigenvalue weighted by Gasteiger charge is -1.96. The smallest absolute Gasteiger partial charge is 0.269 e. The fourth-order valence-electron chi connectivity index (χ4n) is 1.97. The molecule has 2 N–H and O–H groups in total. The third-order valence-electron chi connectivity index (χ3n) is 3.13. The average molecular weight is 341 g/mol. The van der Waals surface area contributed by atoms with Gasteiger partial charge in [0, 0.05) is 12.1 Å². The molecule has 1 amide bonds. The molecule has 1 heterocycles. The highest BCUT2D eigenvalue weighted by Gasteiger charge is 2.23. The summed E-state index contributed by atoms with van der Waals surface area (Å²) in [4.78, 5) is 26.9. The molecule has 0 atom stereocenters. The van der Waals surface area contributed by atoms with Crippen molar-refractivity contribution in [3.8, 4) is 5.75 Å². The molecule has 0 spiro atoms. The van der Waals surface area contributed by atoms with E-state index < -0.39 is 4.92 Å². The van der Waals surface area contributed by atoms with Crippen LogP contribution in [0.15, 0.2) is 58.4 Å². The van der Waals surface area contributed by atoms with Crippen LogP contribution in [0.4, 0.5) is 11.4 Å². The van der Waals surface area contributed by atoms with Crippen molar-refractivity contribution in [3.05, 3.63) is 69.1 Å². The topological polar surface area (TPSA) is 105 Å². The van der Waals surface area contributed by atoms with Crippen LogP contribution < -0.4 is 5.32 Å². The zero-order valence-corrected chi connectivity index (χ0v) is 13.0. The van der Waals surface area contributed by atoms with Gasteiger partial charge in [0.05, 0.1) is 15.5 Å². The second-order valence-corrected chi connectivity index (χ2v) is 5.88. The van der Waals surface area contributed by atoms with E-state index >= 15 is 0 Å². The Hall–Kier alpha value is -3.13. The van der Waals surface area contributed by atoms with E-state index in [2.05, 4.69) is 10.3 Å². The van der Waals surface area contributed by atoms with Gasteiger partial charge in [-0.25, -0.2) is 4.99 Å². The number of phenolic OH excluding ortho intramolecular Hbond substituents is 1. The van der Waals surface area contributed by atoms with E-state index in [4.69, 9.17) is 0 Å². The molecule has 2 aromatic rings. The predicted octanol–water partition coefficient (Wildman–Crippen LogP) is 3.19. The molecule has 0 saturated carbocycles. The number of thioether (sulfide) groups is 1. The SMILES string of the molecule is O=C1NC(=Nc2ccc(O)cc2)S/C1=C\c1ccc([N+](=O)[O-])cc1. The van der Waals surface area contributed by atoms with E-state index in [0.29, 0.717) is 21.3 Å². The highest BCUT2D eigenvalue weighted by molar-refractivity contribution is 8.18. The summed E-state index contributed by atoms with van der Waals surface area (Å²) >= 11 is 1.18. The minimum atomic E-state index is -0.476. The largest absolute Gasteiger partial charge is 0.508 e. The number of rotatable bonds is 3. The predicted molar refractivity (Wildman–Crippen MR) is 92.0 cm³/mol. The molecular weight excluding hydrogens is 330 g/mol. The van der Waals surface area contributed by atoms with Gasteiger partial charge in [-0.2, -0.15) is 0 Å². The minimum Gasteiger partial charge on any atom is -0.508 e. The maximum Gasteiger partial charge on any atom is 0.269 e. The third-order valence-corrected chi connectivity index (χ3v) is 4.04. The normalized spacial score (nSPS) is 17.2. The number of nitrogens with one attached hydrogen (secondary N) is 1. The fourth-order valence-corrected chi connectivity index (χ4v) is 2.81. The third kappa shape index (κ3) is 3.61. The first-order valence-electron chi connectivity index (χ1n) is 6.84. The highest BCUT2D eigenvalue weighted by atomic mass is 32.2. The van der Waals surface area contributed by atoms with Gasteiger partial charge in [0.15, 0.2) is 5.17 Å². The molecule has 0 aliphatic carbocycles. The van der Waals surface area contributed by atoms with Crippen LogP contribution in [-0.2, 0) is 4.79 Å². The molecule has 1 aliphatic rings. The zero-order chi connectivity index (χ0) is 17.1.